The molecule has 2 aliphatic rings. The Morgan fingerprint density at radius 1 is 1.00 bits per heavy atom. The summed E-state index contributed by atoms with van der Waals surface area (Å²) in [5.41, 5.74) is 0. The third kappa shape index (κ3) is 4.35. The van der Waals surface area contributed by atoms with Crippen LogP contribution in [-0.2, 0) is 0 Å². The Morgan fingerprint density at radius 2 is 1.70 bits per heavy atom. The van der Waals surface area contributed by atoms with E-state index >= 15 is 0 Å². The second kappa shape index (κ2) is 7.49. The summed E-state index contributed by atoms with van der Waals surface area (Å²) in [5.74, 6) is 7.35. The fourth-order valence-corrected chi connectivity index (χ4v) is 11.8. The van der Waals surface area contributed by atoms with E-state index in [0.717, 1.165) is 0 Å². The van der Waals surface area contributed by atoms with Crippen LogP contribution in [0.2, 0.25) is 35.4 Å². The van der Waals surface area contributed by atoms with E-state index in [9.17, 15) is 0 Å². The predicted molar refractivity (Wildman–Crippen MR) is 106 cm³/mol. The first-order valence-corrected chi connectivity index (χ1v) is 19.8. The Bertz CT molecular complexity index is 496. The molecule has 0 N–H and O–H groups in total. The zero-order chi connectivity index (χ0) is 16.3. The molecule has 130 valence electrons. The average molecular weight is 394 g/mol. The van der Waals surface area contributed by atoms with Crippen molar-refractivity contribution in [2.24, 2.45) is 0 Å². The molecule has 0 saturated carbocycles. The molecule has 0 unspecified atom stereocenters. The Balaban J connectivity index is 1.69. The molecule has 3 rings (SSSR count). The molecule has 2 aliphatic heterocycles. The van der Waals surface area contributed by atoms with Gasteiger partial charge in [-0.15, -0.1) is 0 Å². The maximum absolute atomic E-state index is 6.54. The molecule has 1 aromatic heterocycles. The number of likely N-dealkylation sites (tertiary alicyclic amines) is 1. The minimum atomic E-state index is -1.82. The SMILES string of the molecule is [CH3][Ge]([CH3])([CH3])[c]1ccc([Si]2(CCCN3CCCC3)CCCCC2)o1. The number of hydrogen-bond donors (Lipinski definition) is 0. The van der Waals surface area contributed by atoms with Crippen LogP contribution in [0.15, 0.2) is 16.5 Å². The summed E-state index contributed by atoms with van der Waals surface area (Å²) < 4.78 is 7.92. The van der Waals surface area contributed by atoms with E-state index in [0.29, 0.717) is 0 Å². The van der Waals surface area contributed by atoms with Crippen molar-refractivity contribution in [1.82, 2.24) is 4.90 Å². The van der Waals surface area contributed by atoms with Crippen molar-refractivity contribution in [3.63, 3.8) is 0 Å². The van der Waals surface area contributed by atoms with Gasteiger partial charge < -0.3 is 0 Å². The number of nitrogens with zero attached hydrogens (tertiary/aromatic N) is 1. The molecule has 2 fully saturated rings. The van der Waals surface area contributed by atoms with Crippen LogP contribution in [-0.4, -0.2) is 45.9 Å². The molecule has 0 aromatic carbocycles. The summed E-state index contributed by atoms with van der Waals surface area (Å²) >= 11 is -1.82. The van der Waals surface area contributed by atoms with Crippen LogP contribution >= 0.6 is 0 Å². The van der Waals surface area contributed by atoms with E-state index in [2.05, 4.69) is 34.3 Å². The van der Waals surface area contributed by atoms with Crippen molar-refractivity contribution in [1.29, 1.82) is 0 Å². The van der Waals surface area contributed by atoms with Crippen LogP contribution in [0.5, 0.6) is 0 Å². The van der Waals surface area contributed by atoms with Crippen molar-refractivity contribution in [3.8, 4) is 0 Å². The van der Waals surface area contributed by atoms with Crippen molar-refractivity contribution in [2.75, 3.05) is 19.6 Å². The normalized spacial score (nSPS) is 22.6. The third-order valence-corrected chi connectivity index (χ3v) is 14.9. The molecule has 4 heteroatoms. The molecular formula is C19H35GeNOSi. The Morgan fingerprint density at radius 3 is 2.30 bits per heavy atom. The molecule has 0 spiro atoms. The van der Waals surface area contributed by atoms with Gasteiger partial charge in [0.05, 0.1) is 0 Å². The second-order valence-electron chi connectivity index (χ2n) is 8.91. The summed E-state index contributed by atoms with van der Waals surface area (Å²) in [6.07, 6.45) is 8.58. The minimum absolute atomic E-state index is 1.33. The van der Waals surface area contributed by atoms with E-state index in [-0.39, 0.29) is 0 Å². The Kier molecular flexibility index (Phi) is 5.80. The van der Waals surface area contributed by atoms with Crippen LogP contribution in [0.4, 0.5) is 0 Å². The van der Waals surface area contributed by atoms with Crippen LogP contribution in [0.25, 0.3) is 0 Å². The summed E-state index contributed by atoms with van der Waals surface area (Å²) in [5, 5.41) is 1.47. The molecule has 1 aromatic rings. The van der Waals surface area contributed by atoms with Crippen LogP contribution in [0.3, 0.4) is 0 Å². The number of furan rings is 1. The zero-order valence-electron chi connectivity index (χ0n) is 15.5. The maximum atomic E-state index is 6.54. The molecule has 0 amide bonds. The van der Waals surface area contributed by atoms with Gasteiger partial charge in [0, 0.05) is 0 Å². The van der Waals surface area contributed by atoms with Gasteiger partial charge in [0.1, 0.15) is 0 Å². The van der Waals surface area contributed by atoms with E-state index in [4.69, 9.17) is 4.42 Å². The summed E-state index contributed by atoms with van der Waals surface area (Å²) in [7, 11) is -1.35. The second-order valence-corrected chi connectivity index (χ2v) is 23.9. The first-order valence-electron chi connectivity index (χ1n) is 9.83. The van der Waals surface area contributed by atoms with Gasteiger partial charge in [-0.05, 0) is 0 Å². The Labute approximate surface area is 146 Å². The quantitative estimate of drug-likeness (QED) is 0.675. The van der Waals surface area contributed by atoms with Crippen molar-refractivity contribution in [3.05, 3.63) is 12.1 Å². The number of rotatable bonds is 6. The van der Waals surface area contributed by atoms with Crippen molar-refractivity contribution < 1.29 is 4.42 Å². The number of hydrogen-bond acceptors (Lipinski definition) is 2. The van der Waals surface area contributed by atoms with Gasteiger partial charge in [-0.3, -0.25) is 0 Å². The first-order chi connectivity index (χ1) is 11.0. The van der Waals surface area contributed by atoms with Crippen LogP contribution < -0.4 is 9.98 Å². The summed E-state index contributed by atoms with van der Waals surface area (Å²) in [6, 6.07) is 9.18. The van der Waals surface area contributed by atoms with E-state index in [1.807, 2.05) is 0 Å². The predicted octanol–water partition coefficient (Wildman–Crippen LogP) is 4.15. The van der Waals surface area contributed by atoms with Gasteiger partial charge in [0.2, 0.25) is 0 Å². The molecular weight excluding hydrogens is 359 g/mol. The van der Waals surface area contributed by atoms with Gasteiger partial charge in [-0.1, -0.05) is 0 Å². The molecule has 3 heterocycles. The third-order valence-electron chi connectivity index (χ3n) is 6.01. The van der Waals surface area contributed by atoms with Crippen molar-refractivity contribution >= 4 is 31.3 Å². The van der Waals surface area contributed by atoms with E-state index in [1.165, 1.54) is 86.3 Å². The first kappa shape index (κ1) is 17.8. The van der Waals surface area contributed by atoms with Crippen molar-refractivity contribution in [2.45, 2.75) is 73.9 Å². The fraction of sp³-hybridized carbons (Fsp3) is 0.789. The average Bonchev–Trinajstić information content (AvgIpc) is 3.19. The molecule has 0 radical (unpaired) electrons. The fourth-order valence-electron chi connectivity index (χ4n) is 4.52. The Hall–Kier alpha value is -0.000260. The standard InChI is InChI=1S/C19H35GeNOSi/c1-20(2,3)18-10-11-19(22-18)23(15-7-4-8-16-23)17-9-14-21-12-5-6-13-21/h10-11H,4-9,12-17H2,1-3H3. The molecule has 2 saturated heterocycles. The van der Waals surface area contributed by atoms with E-state index < -0.39 is 21.3 Å². The molecule has 0 bridgehead atoms. The van der Waals surface area contributed by atoms with Gasteiger partial charge in [0.15, 0.2) is 0 Å². The summed E-state index contributed by atoms with van der Waals surface area (Å²) in [4.78, 5) is 2.68. The molecule has 0 aliphatic carbocycles. The monoisotopic (exact) mass is 395 g/mol. The van der Waals surface area contributed by atoms with E-state index in [1.54, 1.807) is 0 Å². The van der Waals surface area contributed by atoms with Gasteiger partial charge in [-0.2, -0.15) is 0 Å². The van der Waals surface area contributed by atoms with Gasteiger partial charge in [-0.25, -0.2) is 0 Å². The topological polar surface area (TPSA) is 16.4 Å². The van der Waals surface area contributed by atoms with Crippen LogP contribution in [0.1, 0.15) is 38.5 Å². The molecule has 2 nitrogen and oxygen atoms in total. The zero-order valence-corrected chi connectivity index (χ0v) is 18.6. The summed E-state index contributed by atoms with van der Waals surface area (Å²) in [6.45, 7) is 4.02. The van der Waals surface area contributed by atoms with Crippen LogP contribution in [0, 0.1) is 0 Å². The molecule has 0 atom stereocenters. The van der Waals surface area contributed by atoms with Gasteiger partial charge >= 0.3 is 146 Å². The molecule has 23 heavy (non-hydrogen) atoms. The van der Waals surface area contributed by atoms with Gasteiger partial charge in [0.25, 0.3) is 0 Å².